The Morgan fingerprint density at radius 2 is 1.73 bits per heavy atom. The number of nitrogens with one attached hydrogen (secondary N) is 1. The molecule has 1 aromatic carbocycles. The summed E-state index contributed by atoms with van der Waals surface area (Å²) >= 11 is 0. The Kier molecular flexibility index (Phi) is 5.46. The molecule has 0 aliphatic rings. The number of aromatic nitrogens is 5. The number of pyridine rings is 1. The van der Waals surface area contributed by atoms with Gasteiger partial charge in [0.05, 0.1) is 28.6 Å². The highest BCUT2D eigenvalue weighted by Crippen LogP contribution is 2.38. The molecule has 0 fully saturated rings. The van der Waals surface area contributed by atoms with Gasteiger partial charge in [0.2, 0.25) is 5.88 Å². The van der Waals surface area contributed by atoms with Gasteiger partial charge < -0.3 is 9.72 Å². The van der Waals surface area contributed by atoms with Crippen LogP contribution in [-0.2, 0) is 18.6 Å². The van der Waals surface area contributed by atoms with Gasteiger partial charge in [-0.2, -0.15) is 18.3 Å². The molecule has 0 radical (unpaired) electrons. The molecule has 4 aromatic rings. The third-order valence-corrected chi connectivity index (χ3v) is 5.19. The van der Waals surface area contributed by atoms with Gasteiger partial charge in [-0.15, -0.1) is 0 Å². The fourth-order valence-corrected chi connectivity index (χ4v) is 3.56. The number of imidazole rings is 1. The molecule has 3 heterocycles. The summed E-state index contributed by atoms with van der Waals surface area (Å²) in [4.78, 5) is 12.3. The first kappa shape index (κ1) is 22.8. The summed E-state index contributed by atoms with van der Waals surface area (Å²) in [6.45, 7) is 9.87. The first-order valence-corrected chi connectivity index (χ1v) is 10.6. The summed E-state index contributed by atoms with van der Waals surface area (Å²) in [5.74, 6) is 0.735. The lowest BCUT2D eigenvalue weighted by atomic mass is 9.92. The molecule has 0 unspecified atom stereocenters. The normalized spacial score (nSPS) is 12.7. The van der Waals surface area contributed by atoms with Crippen molar-refractivity contribution in [3.8, 4) is 28.7 Å². The number of fused-ring (bicyclic) bond motifs is 1. The van der Waals surface area contributed by atoms with Crippen LogP contribution in [0.25, 0.3) is 33.8 Å². The molecule has 0 aliphatic heterocycles. The minimum absolute atomic E-state index is 0.0272. The highest BCUT2D eigenvalue weighted by Gasteiger charge is 2.34. The predicted octanol–water partition coefficient (Wildman–Crippen LogP) is 6.13. The molecule has 174 valence electrons. The molecule has 0 spiro atoms. The van der Waals surface area contributed by atoms with Crippen molar-refractivity contribution in [2.45, 2.75) is 52.3 Å². The van der Waals surface area contributed by atoms with Crippen molar-refractivity contribution in [2.24, 2.45) is 7.05 Å². The van der Waals surface area contributed by atoms with Crippen molar-refractivity contribution in [1.82, 2.24) is 24.7 Å². The maximum absolute atomic E-state index is 13.6. The number of aryl methyl sites for hydroxylation is 1. The first-order chi connectivity index (χ1) is 15.3. The van der Waals surface area contributed by atoms with E-state index in [9.17, 15) is 13.2 Å². The zero-order valence-electron chi connectivity index (χ0n) is 19.4. The Labute approximate surface area is 189 Å². The summed E-state index contributed by atoms with van der Waals surface area (Å²) < 4.78 is 48.5. The average Bonchev–Trinajstić information content (AvgIpc) is 3.30. The Morgan fingerprint density at radius 3 is 2.33 bits per heavy atom. The highest BCUT2D eigenvalue weighted by atomic mass is 19.4. The van der Waals surface area contributed by atoms with Crippen molar-refractivity contribution in [2.75, 3.05) is 0 Å². The molecule has 0 saturated heterocycles. The third kappa shape index (κ3) is 4.44. The largest absolute Gasteiger partial charge is 0.473 e. The second kappa shape index (κ2) is 7.90. The van der Waals surface area contributed by atoms with Crippen LogP contribution in [0.3, 0.4) is 0 Å². The van der Waals surface area contributed by atoms with E-state index in [-0.39, 0.29) is 28.7 Å². The van der Waals surface area contributed by atoms with E-state index in [0.29, 0.717) is 16.9 Å². The van der Waals surface area contributed by atoms with Gasteiger partial charge in [0, 0.05) is 18.0 Å². The SMILES string of the molecule is CC(C)Oc1nc(-c2ccccc2C(F)(F)F)cc2nc(-c3cc(C(C)(C)C)nn3C)[nH]c12. The lowest BCUT2D eigenvalue weighted by Gasteiger charge is -2.14. The average molecular weight is 458 g/mol. The number of benzene rings is 1. The molecule has 3 aromatic heterocycles. The molecule has 33 heavy (non-hydrogen) atoms. The Morgan fingerprint density at radius 1 is 1.03 bits per heavy atom. The van der Waals surface area contributed by atoms with Gasteiger partial charge in [0.15, 0.2) is 5.82 Å². The molecule has 6 nitrogen and oxygen atoms in total. The topological polar surface area (TPSA) is 68.6 Å². The van der Waals surface area contributed by atoms with Crippen LogP contribution in [0.4, 0.5) is 13.2 Å². The smallest absolute Gasteiger partial charge is 0.417 e. The van der Waals surface area contributed by atoms with Gasteiger partial charge in [-0.25, -0.2) is 9.97 Å². The lowest BCUT2D eigenvalue weighted by molar-refractivity contribution is -0.137. The number of rotatable bonds is 4. The molecule has 1 N–H and O–H groups in total. The number of nitrogens with zero attached hydrogens (tertiary/aromatic N) is 4. The van der Waals surface area contributed by atoms with Crippen LogP contribution in [0.2, 0.25) is 0 Å². The van der Waals surface area contributed by atoms with Crippen LogP contribution in [0, 0.1) is 0 Å². The Bertz CT molecular complexity index is 1310. The monoisotopic (exact) mass is 457 g/mol. The molecule has 0 bridgehead atoms. The number of H-pyrrole nitrogens is 1. The Hall–Kier alpha value is -3.36. The molecule has 9 heteroatoms. The standard InChI is InChI=1S/C24H26F3N5O/c1-13(2)33-22-20-17(11-16(29-22)14-9-7-8-10-15(14)24(25,26)27)28-21(30-20)18-12-19(23(3,4)5)31-32(18)6/h7-13H,1-6H3,(H,28,30). The van der Waals surface area contributed by atoms with E-state index in [0.717, 1.165) is 17.5 Å². The van der Waals surface area contributed by atoms with Gasteiger partial charge in [-0.05, 0) is 32.0 Å². The van der Waals surface area contributed by atoms with E-state index in [1.807, 2.05) is 27.0 Å². The molecule has 0 saturated carbocycles. The summed E-state index contributed by atoms with van der Waals surface area (Å²) in [6, 6.07) is 8.86. The minimum Gasteiger partial charge on any atom is -0.473 e. The van der Waals surface area contributed by atoms with Crippen LogP contribution in [0.5, 0.6) is 5.88 Å². The number of aromatic amines is 1. The van der Waals surface area contributed by atoms with E-state index in [1.54, 1.807) is 16.8 Å². The molecular formula is C24H26F3N5O. The zero-order chi connectivity index (χ0) is 24.1. The van der Waals surface area contributed by atoms with E-state index >= 15 is 0 Å². The molecular weight excluding hydrogens is 431 g/mol. The number of ether oxygens (including phenoxy) is 1. The number of hydrogen-bond donors (Lipinski definition) is 1. The molecule has 0 aliphatic carbocycles. The second-order valence-corrected chi connectivity index (χ2v) is 9.29. The Balaban J connectivity index is 1.92. The summed E-state index contributed by atoms with van der Waals surface area (Å²) in [6.07, 6.45) is -4.74. The number of hydrogen-bond acceptors (Lipinski definition) is 4. The molecule has 0 amide bonds. The quantitative estimate of drug-likeness (QED) is 0.400. The fourth-order valence-electron chi connectivity index (χ4n) is 3.56. The lowest BCUT2D eigenvalue weighted by Crippen LogP contribution is -2.12. The third-order valence-electron chi connectivity index (χ3n) is 5.19. The highest BCUT2D eigenvalue weighted by molar-refractivity contribution is 5.87. The van der Waals surface area contributed by atoms with Crippen LogP contribution >= 0.6 is 0 Å². The minimum atomic E-state index is -4.51. The fraction of sp³-hybridized carbons (Fsp3) is 0.375. The van der Waals surface area contributed by atoms with Crippen LogP contribution in [-0.4, -0.2) is 30.8 Å². The van der Waals surface area contributed by atoms with Gasteiger partial charge in [0.1, 0.15) is 11.2 Å². The van der Waals surface area contributed by atoms with E-state index < -0.39 is 11.7 Å². The van der Waals surface area contributed by atoms with Crippen LogP contribution in [0.15, 0.2) is 36.4 Å². The summed E-state index contributed by atoms with van der Waals surface area (Å²) in [5, 5.41) is 4.59. The van der Waals surface area contributed by atoms with Crippen molar-refractivity contribution in [3.05, 3.63) is 47.7 Å². The van der Waals surface area contributed by atoms with Crippen molar-refractivity contribution in [3.63, 3.8) is 0 Å². The van der Waals surface area contributed by atoms with Crippen molar-refractivity contribution >= 4 is 11.0 Å². The van der Waals surface area contributed by atoms with Crippen molar-refractivity contribution in [1.29, 1.82) is 0 Å². The summed E-state index contributed by atoms with van der Waals surface area (Å²) in [5.41, 5.74) is 1.84. The molecule has 0 atom stereocenters. The van der Waals surface area contributed by atoms with Crippen molar-refractivity contribution < 1.29 is 17.9 Å². The molecule has 4 rings (SSSR count). The van der Waals surface area contributed by atoms with E-state index in [4.69, 9.17) is 4.74 Å². The zero-order valence-corrected chi connectivity index (χ0v) is 19.4. The van der Waals surface area contributed by atoms with Crippen LogP contribution in [0.1, 0.15) is 45.9 Å². The van der Waals surface area contributed by atoms with Gasteiger partial charge in [-0.1, -0.05) is 39.0 Å². The van der Waals surface area contributed by atoms with Crippen LogP contribution < -0.4 is 4.74 Å². The maximum Gasteiger partial charge on any atom is 0.417 e. The van der Waals surface area contributed by atoms with Gasteiger partial charge >= 0.3 is 6.18 Å². The number of halogens is 3. The second-order valence-electron chi connectivity index (χ2n) is 9.29. The van der Waals surface area contributed by atoms with E-state index in [1.165, 1.54) is 12.1 Å². The maximum atomic E-state index is 13.6. The predicted molar refractivity (Wildman–Crippen MR) is 121 cm³/mol. The first-order valence-electron chi connectivity index (χ1n) is 10.6. The van der Waals surface area contributed by atoms with E-state index in [2.05, 4.69) is 40.8 Å². The summed E-state index contributed by atoms with van der Waals surface area (Å²) in [7, 11) is 1.83. The van der Waals surface area contributed by atoms with Gasteiger partial charge in [-0.3, -0.25) is 4.68 Å². The van der Waals surface area contributed by atoms with Gasteiger partial charge in [0.25, 0.3) is 0 Å². The number of alkyl halides is 3.